The van der Waals surface area contributed by atoms with Gasteiger partial charge in [0.2, 0.25) is 0 Å². The van der Waals surface area contributed by atoms with Gasteiger partial charge in [0.1, 0.15) is 34.9 Å². The molecule has 8 aromatic heterocycles. The zero-order chi connectivity index (χ0) is 90.4. The smallest absolute Gasteiger partial charge is 0.416 e. The standard InChI is InChI=1S/C24H20F3N5O2.C24H23N5O3.C24H23N5O2.C22H19ClN6O2/c1-2-31-15-21(22(30-31)16-10-12-28-13-11-16)17-4-3-5-20(14-17)32(34)23(33)29-19-8-6-18(7-9-19)24(25,26)27;1-3-28-16-22(23(27-28)17-11-13-25-14-12-17)18-5-4-6-20(15-18)29(31)24(30)26-19-7-9-21(32-2)10-8-19;1-3-28-16-22(23(27-28)18-11-13-25-14-12-18)19-5-4-6-21(15-19)29(31)24(30)26-20-9-7-17(2)8-10-20;1-2-28-13-19(21(27-28)20-10-11-24-14-25-20)15-4-3-5-18(12-15)29(31)22(30)26-17-8-6-16(23)7-9-17/h3-15,34H,2H2,1H3,(H,29,33);4-16,31H,3H2,1-2H3,(H,26,30);4-16,31H,3H2,1-2H3,(H,26,30);3-14,31H,2H2,1H3,(H,26,30). The summed E-state index contributed by atoms with van der Waals surface area (Å²) in [6, 6.07) is 62.8. The maximum absolute atomic E-state index is 12.7. The lowest BCUT2D eigenvalue weighted by molar-refractivity contribution is -0.137. The Bertz CT molecular complexity index is 6250. The van der Waals surface area contributed by atoms with Gasteiger partial charge in [-0.15, -0.1) is 0 Å². The fourth-order valence-electron chi connectivity index (χ4n) is 12.9. The highest BCUT2D eigenvalue weighted by molar-refractivity contribution is 6.30. The van der Waals surface area contributed by atoms with Gasteiger partial charge in [-0.2, -0.15) is 53.8 Å². The van der Waals surface area contributed by atoms with E-state index in [1.54, 1.807) is 189 Å². The number of nitrogens with zero attached hydrogens (tertiary/aromatic N) is 17. The van der Waals surface area contributed by atoms with E-state index in [9.17, 15) is 53.2 Å². The molecule has 34 heteroatoms. The van der Waals surface area contributed by atoms with E-state index in [1.165, 1.54) is 12.4 Å². The van der Waals surface area contributed by atoms with Gasteiger partial charge in [0.25, 0.3) is 0 Å². The van der Waals surface area contributed by atoms with Gasteiger partial charge in [-0.3, -0.25) is 54.5 Å². The monoisotopic (exact) mass is 1740 g/mol. The first-order chi connectivity index (χ1) is 61.9. The molecule has 0 fully saturated rings. The van der Waals surface area contributed by atoms with E-state index in [0.717, 1.165) is 109 Å². The number of nitrogens with one attached hydrogen (secondary N) is 4. The van der Waals surface area contributed by atoms with E-state index >= 15 is 0 Å². The summed E-state index contributed by atoms with van der Waals surface area (Å²) in [5, 5.41) is 73.6. The van der Waals surface area contributed by atoms with Crippen LogP contribution in [-0.2, 0) is 32.4 Å². The maximum Gasteiger partial charge on any atom is 0.416 e. The molecular formula is C94H85ClF3N21O9. The molecule has 8 aromatic carbocycles. The van der Waals surface area contributed by atoms with Crippen LogP contribution in [0.25, 0.3) is 89.7 Å². The number of benzene rings is 8. The fraction of sp³-hybridized carbons (Fsp3) is 0.117. The summed E-state index contributed by atoms with van der Waals surface area (Å²) in [6.07, 6.45) is 16.6. The second-order valence-electron chi connectivity index (χ2n) is 28.1. The Labute approximate surface area is 737 Å². The van der Waals surface area contributed by atoms with Crippen LogP contribution in [0.3, 0.4) is 0 Å². The van der Waals surface area contributed by atoms with Crippen molar-refractivity contribution in [2.75, 3.05) is 48.6 Å². The van der Waals surface area contributed by atoms with Gasteiger partial charge in [-0.25, -0.2) is 29.1 Å². The molecule has 0 aliphatic rings. The van der Waals surface area contributed by atoms with Crippen molar-refractivity contribution in [1.29, 1.82) is 0 Å². The number of anilines is 8. The summed E-state index contributed by atoms with van der Waals surface area (Å²) < 4.78 is 50.6. The molecule has 0 saturated heterocycles. The van der Waals surface area contributed by atoms with E-state index in [0.29, 0.717) is 102 Å². The third-order valence-electron chi connectivity index (χ3n) is 19.6. The number of ether oxygens (including phenoxy) is 1. The zero-order valence-electron chi connectivity index (χ0n) is 69.7. The number of rotatable bonds is 21. The minimum Gasteiger partial charge on any atom is -0.497 e. The minimum absolute atomic E-state index is 0.109. The summed E-state index contributed by atoms with van der Waals surface area (Å²) in [4.78, 5) is 70.5. The topological polar surface area (TPSA) is 355 Å². The molecule has 0 spiro atoms. The van der Waals surface area contributed by atoms with Crippen molar-refractivity contribution in [3.05, 3.63) is 327 Å². The molecule has 0 bridgehead atoms. The number of hydroxylamine groups is 4. The van der Waals surface area contributed by atoms with E-state index in [1.807, 2.05) is 146 Å². The maximum atomic E-state index is 12.7. The number of hydrogen-bond donors (Lipinski definition) is 8. The van der Waals surface area contributed by atoms with Crippen molar-refractivity contribution in [1.82, 2.24) is 64.0 Å². The number of aryl methyl sites for hydroxylation is 5. The minimum atomic E-state index is -4.48. The Hall–Kier alpha value is -16.1. The highest BCUT2D eigenvalue weighted by Gasteiger charge is 2.31. The van der Waals surface area contributed by atoms with Crippen LogP contribution in [-0.4, -0.2) is 116 Å². The number of halogens is 4. The number of alkyl halides is 3. The number of carbonyl (C=O) groups is 4. The second-order valence-corrected chi connectivity index (χ2v) is 28.6. The molecule has 8 N–H and O–H groups in total. The molecule has 16 rings (SSSR count). The van der Waals surface area contributed by atoms with Crippen molar-refractivity contribution in [2.24, 2.45) is 0 Å². The lowest BCUT2D eigenvalue weighted by atomic mass is 10.0. The third-order valence-corrected chi connectivity index (χ3v) is 19.9. The van der Waals surface area contributed by atoms with Gasteiger partial charge >= 0.3 is 30.3 Å². The van der Waals surface area contributed by atoms with E-state index in [-0.39, 0.29) is 11.4 Å². The predicted molar refractivity (Wildman–Crippen MR) is 484 cm³/mol. The molecule has 0 aliphatic carbocycles. The summed E-state index contributed by atoms with van der Waals surface area (Å²) in [6.45, 7) is 12.7. The van der Waals surface area contributed by atoms with Crippen molar-refractivity contribution in [2.45, 2.75) is 67.0 Å². The quantitative estimate of drug-likeness (QED) is 0.0245. The molecule has 0 unspecified atom stereocenters. The molecule has 8 heterocycles. The molecule has 8 amide bonds. The number of amides is 8. The predicted octanol–water partition coefficient (Wildman–Crippen LogP) is 21.6. The van der Waals surface area contributed by atoms with Crippen molar-refractivity contribution in [3.8, 4) is 95.4 Å². The first-order valence-electron chi connectivity index (χ1n) is 40.0. The van der Waals surface area contributed by atoms with Gasteiger partial charge in [0.15, 0.2) is 0 Å². The Morgan fingerprint density at radius 3 is 0.961 bits per heavy atom. The number of urea groups is 4. The van der Waals surface area contributed by atoms with Crippen LogP contribution in [0.2, 0.25) is 5.02 Å². The van der Waals surface area contributed by atoms with Crippen molar-refractivity contribution >= 4 is 81.2 Å². The highest BCUT2D eigenvalue weighted by Crippen LogP contribution is 2.39. The van der Waals surface area contributed by atoms with E-state index < -0.39 is 35.9 Å². The Morgan fingerprint density at radius 1 is 0.375 bits per heavy atom. The number of methoxy groups -OCH3 is 1. The SMILES string of the molecule is CCn1cc(-c2cccc(N(O)C(=O)Nc3ccc(C(F)(F)F)cc3)c2)c(-c2ccncc2)n1.CCn1cc(-c2cccc(N(O)C(=O)Nc3ccc(C)cc3)c2)c(-c2ccncc2)n1.CCn1cc(-c2cccc(N(O)C(=O)Nc3ccc(Cl)cc3)c2)c(-c2ccncn2)n1.CCn1cc(-c2cccc(N(O)C(=O)Nc3ccc(OC)cc3)c2)c(-c2ccncc2)n1. The molecule has 0 saturated carbocycles. The second kappa shape index (κ2) is 41.9. The van der Waals surface area contributed by atoms with E-state index in [2.05, 4.69) is 66.6 Å². The van der Waals surface area contributed by atoms with Crippen molar-refractivity contribution in [3.63, 3.8) is 0 Å². The van der Waals surface area contributed by atoms with Gasteiger partial charge in [0, 0.05) is 161 Å². The van der Waals surface area contributed by atoms with Gasteiger partial charge in [-0.05, 0) is 233 Å². The van der Waals surface area contributed by atoms with Gasteiger partial charge < -0.3 is 26.0 Å². The average molecular weight is 1750 g/mol. The molecule has 0 radical (unpaired) electrons. The Morgan fingerprint density at radius 2 is 0.664 bits per heavy atom. The van der Waals surface area contributed by atoms with Gasteiger partial charge in [0.05, 0.1) is 41.1 Å². The van der Waals surface area contributed by atoms with Crippen LogP contribution in [0.1, 0.15) is 38.8 Å². The van der Waals surface area contributed by atoms with Crippen LogP contribution in [0.5, 0.6) is 5.75 Å². The molecular weight excluding hydrogens is 1660 g/mol. The number of carbonyl (C=O) groups excluding carboxylic acids is 4. The lowest BCUT2D eigenvalue weighted by Crippen LogP contribution is -2.31. The van der Waals surface area contributed by atoms with Crippen LogP contribution in [0.4, 0.5) is 77.8 Å². The largest absolute Gasteiger partial charge is 0.497 e. The fourth-order valence-corrected chi connectivity index (χ4v) is 13.1. The van der Waals surface area contributed by atoms with Crippen molar-refractivity contribution < 1.29 is 57.9 Å². The Kier molecular flexibility index (Phi) is 29.3. The molecule has 16 aromatic rings. The lowest BCUT2D eigenvalue weighted by Gasteiger charge is -2.17. The number of hydrogen-bond acceptors (Lipinski definition) is 18. The molecule has 128 heavy (non-hydrogen) atoms. The van der Waals surface area contributed by atoms with E-state index in [4.69, 9.17) is 16.3 Å². The van der Waals surface area contributed by atoms with Crippen LogP contribution >= 0.6 is 11.6 Å². The average Bonchev–Trinajstić information content (AvgIpc) is 1.64. The zero-order valence-corrected chi connectivity index (χ0v) is 70.5. The third kappa shape index (κ3) is 22.7. The molecule has 30 nitrogen and oxygen atoms in total. The number of pyridine rings is 3. The van der Waals surface area contributed by atoms with Crippen LogP contribution < -0.4 is 46.3 Å². The molecule has 0 aliphatic heterocycles. The number of aromatic nitrogens is 13. The van der Waals surface area contributed by atoms with Crippen LogP contribution in [0, 0.1) is 6.92 Å². The summed E-state index contributed by atoms with van der Waals surface area (Å²) in [5.74, 6) is 0.675. The summed E-state index contributed by atoms with van der Waals surface area (Å²) in [7, 11) is 1.57. The Balaban J connectivity index is 0.000000146. The molecule has 0 atom stereocenters. The normalized spacial score (nSPS) is 10.8. The molecule has 648 valence electrons. The highest BCUT2D eigenvalue weighted by atomic mass is 35.5. The summed E-state index contributed by atoms with van der Waals surface area (Å²) >= 11 is 5.86. The van der Waals surface area contributed by atoms with Gasteiger partial charge in [-0.1, -0.05) is 77.8 Å². The first-order valence-corrected chi connectivity index (χ1v) is 40.3. The summed E-state index contributed by atoms with van der Waals surface area (Å²) in [5.41, 5.74) is 16.2. The van der Waals surface area contributed by atoms with Crippen LogP contribution in [0.15, 0.2) is 311 Å². The first kappa shape index (κ1) is 89.7.